The first-order valence-corrected chi connectivity index (χ1v) is 4.82. The van der Waals surface area contributed by atoms with E-state index in [9.17, 15) is 5.11 Å². The van der Waals surface area contributed by atoms with Crippen molar-refractivity contribution >= 4 is 0 Å². The van der Waals surface area contributed by atoms with Gasteiger partial charge in [0.15, 0.2) is 0 Å². The van der Waals surface area contributed by atoms with Crippen LogP contribution in [0, 0.1) is 0 Å². The fourth-order valence-electron chi connectivity index (χ4n) is 1.66. The fourth-order valence-corrected chi connectivity index (χ4v) is 1.66. The Morgan fingerprint density at radius 2 is 2.00 bits per heavy atom. The minimum absolute atomic E-state index is 0.670. The zero-order chi connectivity index (χ0) is 10.0. The lowest BCUT2D eigenvalue weighted by Gasteiger charge is -2.24. The molecule has 1 N–H and O–H groups in total. The van der Waals surface area contributed by atoms with Crippen LogP contribution in [0.25, 0.3) is 0 Å². The van der Waals surface area contributed by atoms with E-state index >= 15 is 0 Å². The van der Waals surface area contributed by atoms with Crippen LogP contribution in [0.15, 0.2) is 42.2 Å². The Kier molecular flexibility index (Phi) is 2.30. The minimum atomic E-state index is -0.988. The Hall–Kier alpha value is -1.28. The Morgan fingerprint density at radius 3 is 2.57 bits per heavy atom. The average Bonchev–Trinajstić information content (AvgIpc) is 2.72. The van der Waals surface area contributed by atoms with Crippen LogP contribution in [0.4, 0.5) is 0 Å². The molecule has 1 unspecified atom stereocenters. The number of hydrogen-bond acceptors (Lipinski definition) is 2. The van der Waals surface area contributed by atoms with Gasteiger partial charge in [-0.25, -0.2) is 0 Å². The summed E-state index contributed by atoms with van der Waals surface area (Å²) in [6, 6.07) is 9.58. The highest BCUT2D eigenvalue weighted by molar-refractivity contribution is 5.29. The van der Waals surface area contributed by atoms with Crippen molar-refractivity contribution in [1.82, 2.24) is 0 Å². The summed E-state index contributed by atoms with van der Waals surface area (Å²) in [7, 11) is 0. The quantitative estimate of drug-likeness (QED) is 0.774. The number of aliphatic hydroxyl groups is 1. The van der Waals surface area contributed by atoms with E-state index in [4.69, 9.17) is 4.74 Å². The molecule has 74 valence electrons. The molecule has 0 saturated heterocycles. The van der Waals surface area contributed by atoms with Crippen LogP contribution in [-0.2, 0) is 10.3 Å². The SMILES string of the molecule is CC(O)(C1=CCCO1)c1ccccc1. The second-order valence-corrected chi connectivity index (χ2v) is 3.64. The van der Waals surface area contributed by atoms with Crippen molar-refractivity contribution in [2.45, 2.75) is 18.9 Å². The maximum absolute atomic E-state index is 10.3. The van der Waals surface area contributed by atoms with Crippen molar-refractivity contribution in [2.24, 2.45) is 0 Å². The molecule has 0 spiro atoms. The Bertz CT molecular complexity index is 339. The second kappa shape index (κ2) is 3.46. The molecule has 1 aliphatic rings. The van der Waals surface area contributed by atoms with Gasteiger partial charge in [-0.05, 0) is 18.6 Å². The maximum atomic E-state index is 10.3. The van der Waals surface area contributed by atoms with E-state index in [0.717, 1.165) is 12.0 Å². The third kappa shape index (κ3) is 1.53. The van der Waals surface area contributed by atoms with Crippen LogP contribution in [-0.4, -0.2) is 11.7 Å². The highest BCUT2D eigenvalue weighted by Crippen LogP contribution is 2.32. The van der Waals surface area contributed by atoms with Gasteiger partial charge in [-0.3, -0.25) is 0 Å². The zero-order valence-electron chi connectivity index (χ0n) is 8.23. The fraction of sp³-hybridized carbons (Fsp3) is 0.333. The van der Waals surface area contributed by atoms with Gasteiger partial charge in [0.1, 0.15) is 11.4 Å². The summed E-state index contributed by atoms with van der Waals surface area (Å²) in [6.07, 6.45) is 2.84. The van der Waals surface area contributed by atoms with Gasteiger partial charge < -0.3 is 9.84 Å². The minimum Gasteiger partial charge on any atom is -0.495 e. The van der Waals surface area contributed by atoms with E-state index in [1.54, 1.807) is 6.92 Å². The van der Waals surface area contributed by atoms with E-state index in [1.165, 1.54) is 0 Å². The molecule has 0 saturated carbocycles. The van der Waals surface area contributed by atoms with Crippen LogP contribution in [0.2, 0.25) is 0 Å². The smallest absolute Gasteiger partial charge is 0.143 e. The maximum Gasteiger partial charge on any atom is 0.143 e. The zero-order valence-corrected chi connectivity index (χ0v) is 8.23. The Balaban J connectivity index is 2.32. The van der Waals surface area contributed by atoms with Gasteiger partial charge in [0, 0.05) is 6.42 Å². The predicted molar refractivity (Wildman–Crippen MR) is 54.7 cm³/mol. The molecular formula is C12H14O2. The largest absolute Gasteiger partial charge is 0.495 e. The molecule has 0 bridgehead atoms. The highest BCUT2D eigenvalue weighted by atomic mass is 16.5. The van der Waals surface area contributed by atoms with Gasteiger partial charge in [0.2, 0.25) is 0 Å². The predicted octanol–water partition coefficient (Wildman–Crippen LogP) is 2.20. The monoisotopic (exact) mass is 190 g/mol. The van der Waals surface area contributed by atoms with Gasteiger partial charge >= 0.3 is 0 Å². The molecule has 0 amide bonds. The van der Waals surface area contributed by atoms with Crippen LogP contribution in [0.1, 0.15) is 18.9 Å². The molecule has 2 rings (SSSR count). The van der Waals surface area contributed by atoms with Gasteiger partial charge in [-0.2, -0.15) is 0 Å². The van der Waals surface area contributed by atoms with Crippen molar-refractivity contribution in [1.29, 1.82) is 0 Å². The molecule has 1 heterocycles. The van der Waals surface area contributed by atoms with Crippen molar-refractivity contribution < 1.29 is 9.84 Å². The topological polar surface area (TPSA) is 29.5 Å². The van der Waals surface area contributed by atoms with E-state index < -0.39 is 5.60 Å². The Labute approximate surface area is 83.8 Å². The highest BCUT2D eigenvalue weighted by Gasteiger charge is 2.31. The molecule has 0 fully saturated rings. The van der Waals surface area contributed by atoms with E-state index in [1.807, 2.05) is 36.4 Å². The molecule has 14 heavy (non-hydrogen) atoms. The lowest BCUT2D eigenvalue weighted by atomic mass is 9.94. The van der Waals surface area contributed by atoms with E-state index in [0.29, 0.717) is 12.4 Å². The summed E-state index contributed by atoms with van der Waals surface area (Å²) in [5, 5.41) is 10.3. The van der Waals surface area contributed by atoms with Crippen LogP contribution in [0.5, 0.6) is 0 Å². The number of ether oxygens (including phenoxy) is 1. The van der Waals surface area contributed by atoms with Gasteiger partial charge in [-0.1, -0.05) is 30.3 Å². The van der Waals surface area contributed by atoms with E-state index in [2.05, 4.69) is 0 Å². The molecule has 0 aliphatic carbocycles. The van der Waals surface area contributed by atoms with Crippen molar-refractivity contribution in [2.75, 3.05) is 6.61 Å². The van der Waals surface area contributed by atoms with E-state index in [-0.39, 0.29) is 0 Å². The molecule has 2 nitrogen and oxygen atoms in total. The summed E-state index contributed by atoms with van der Waals surface area (Å²) in [6.45, 7) is 2.44. The van der Waals surface area contributed by atoms with Gasteiger partial charge in [0.25, 0.3) is 0 Å². The summed E-state index contributed by atoms with van der Waals surface area (Å²) in [5.41, 5.74) is -0.120. The number of benzene rings is 1. The van der Waals surface area contributed by atoms with Crippen molar-refractivity contribution in [3.05, 3.63) is 47.7 Å². The van der Waals surface area contributed by atoms with Crippen LogP contribution in [0.3, 0.4) is 0 Å². The lowest BCUT2D eigenvalue weighted by molar-refractivity contribution is 0.0317. The normalized spacial score (nSPS) is 19.7. The molecule has 0 radical (unpaired) electrons. The standard InChI is InChI=1S/C12H14O2/c1-12(13,11-8-5-9-14-11)10-6-3-2-4-7-10/h2-4,6-8,13H,5,9H2,1H3. The molecule has 1 aromatic carbocycles. The molecule has 2 heteroatoms. The molecular weight excluding hydrogens is 176 g/mol. The second-order valence-electron chi connectivity index (χ2n) is 3.64. The average molecular weight is 190 g/mol. The summed E-state index contributed by atoms with van der Waals surface area (Å²) >= 11 is 0. The first-order valence-electron chi connectivity index (χ1n) is 4.82. The molecule has 1 atom stereocenters. The Morgan fingerprint density at radius 1 is 1.29 bits per heavy atom. The van der Waals surface area contributed by atoms with Crippen molar-refractivity contribution in [3.8, 4) is 0 Å². The lowest BCUT2D eigenvalue weighted by Crippen LogP contribution is -2.24. The molecule has 1 aliphatic heterocycles. The molecule has 0 aromatic heterocycles. The summed E-state index contributed by atoms with van der Waals surface area (Å²) < 4.78 is 5.38. The van der Waals surface area contributed by atoms with Crippen molar-refractivity contribution in [3.63, 3.8) is 0 Å². The van der Waals surface area contributed by atoms with Crippen LogP contribution < -0.4 is 0 Å². The third-order valence-electron chi connectivity index (χ3n) is 2.52. The summed E-state index contributed by atoms with van der Waals surface area (Å²) in [4.78, 5) is 0. The van der Waals surface area contributed by atoms with Gasteiger partial charge in [-0.15, -0.1) is 0 Å². The van der Waals surface area contributed by atoms with Crippen LogP contribution >= 0.6 is 0 Å². The summed E-state index contributed by atoms with van der Waals surface area (Å²) in [5.74, 6) is 0.670. The number of rotatable bonds is 2. The van der Waals surface area contributed by atoms with Gasteiger partial charge in [0.05, 0.1) is 6.61 Å². The number of hydrogen-bond donors (Lipinski definition) is 1. The first-order chi connectivity index (χ1) is 6.71. The third-order valence-corrected chi connectivity index (χ3v) is 2.52. The first kappa shape index (κ1) is 9.28. The molecule has 1 aromatic rings.